The van der Waals surface area contributed by atoms with Crippen LogP contribution in [0.1, 0.15) is 15.9 Å². The second-order valence-corrected chi connectivity index (χ2v) is 5.09. The molecule has 0 N–H and O–H groups in total. The molecule has 5 nitrogen and oxygen atoms in total. The maximum atomic E-state index is 12.4. The van der Waals surface area contributed by atoms with E-state index < -0.39 is 5.76 Å². The Morgan fingerprint density at radius 3 is 2.59 bits per heavy atom. The van der Waals surface area contributed by atoms with Crippen molar-refractivity contribution in [3.05, 3.63) is 64.1 Å². The van der Waals surface area contributed by atoms with E-state index in [1.807, 2.05) is 13.0 Å². The van der Waals surface area contributed by atoms with Gasteiger partial charge in [-0.3, -0.25) is 4.79 Å². The molecule has 3 rings (SSSR count). The molecule has 0 spiro atoms. The van der Waals surface area contributed by atoms with Crippen LogP contribution >= 0.6 is 0 Å². The van der Waals surface area contributed by atoms with Crippen molar-refractivity contribution in [3.8, 4) is 5.75 Å². The molecule has 0 fully saturated rings. The summed E-state index contributed by atoms with van der Waals surface area (Å²) in [6, 6.07) is 12.5. The van der Waals surface area contributed by atoms with Gasteiger partial charge >= 0.3 is 5.76 Å². The second kappa shape index (κ2) is 5.52. The molecule has 0 bridgehead atoms. The van der Waals surface area contributed by atoms with Crippen LogP contribution in [-0.2, 0) is 6.42 Å². The van der Waals surface area contributed by atoms with Crippen molar-refractivity contribution in [1.29, 1.82) is 0 Å². The fourth-order valence-electron chi connectivity index (χ4n) is 2.36. The molecular weight excluding hydrogens is 282 g/mol. The zero-order chi connectivity index (χ0) is 15.7. The fraction of sp³-hybridized carbons (Fsp3) is 0.176. The molecule has 1 heterocycles. The minimum Gasteiger partial charge on any atom is -0.497 e. The lowest BCUT2D eigenvalue weighted by Crippen LogP contribution is -2.24. The molecule has 0 saturated heterocycles. The van der Waals surface area contributed by atoms with Crippen LogP contribution in [0.3, 0.4) is 0 Å². The number of carbonyl (C=O) groups is 1. The molecule has 2 aromatic carbocycles. The number of fused-ring (bicyclic) bond motifs is 1. The van der Waals surface area contributed by atoms with Crippen LogP contribution in [0.2, 0.25) is 0 Å². The van der Waals surface area contributed by atoms with Gasteiger partial charge in [0.1, 0.15) is 5.75 Å². The first-order valence-electron chi connectivity index (χ1n) is 6.87. The molecule has 0 aliphatic rings. The molecule has 5 heteroatoms. The highest BCUT2D eigenvalue weighted by Crippen LogP contribution is 2.16. The largest absolute Gasteiger partial charge is 0.497 e. The van der Waals surface area contributed by atoms with E-state index in [1.165, 1.54) is 0 Å². The topological polar surface area (TPSA) is 61.4 Å². The van der Waals surface area contributed by atoms with Gasteiger partial charge < -0.3 is 9.15 Å². The molecule has 0 aliphatic carbocycles. The number of nitrogens with zero attached hydrogens (tertiary/aromatic N) is 1. The highest BCUT2D eigenvalue weighted by atomic mass is 16.5. The Hall–Kier alpha value is -2.82. The third-order valence-electron chi connectivity index (χ3n) is 3.50. The lowest BCUT2D eigenvalue weighted by molar-refractivity contribution is 0.0910. The lowest BCUT2D eigenvalue weighted by atomic mass is 10.1. The van der Waals surface area contributed by atoms with Gasteiger partial charge in [0.2, 0.25) is 5.91 Å². The van der Waals surface area contributed by atoms with Crippen molar-refractivity contribution in [2.24, 2.45) is 0 Å². The number of carbonyl (C=O) groups excluding carboxylic acids is 1. The second-order valence-electron chi connectivity index (χ2n) is 5.09. The Morgan fingerprint density at radius 1 is 1.18 bits per heavy atom. The van der Waals surface area contributed by atoms with Crippen LogP contribution in [0, 0.1) is 6.92 Å². The summed E-state index contributed by atoms with van der Waals surface area (Å²) >= 11 is 0. The summed E-state index contributed by atoms with van der Waals surface area (Å²) in [5, 5.41) is 0. The van der Waals surface area contributed by atoms with Crippen molar-refractivity contribution in [1.82, 2.24) is 4.57 Å². The van der Waals surface area contributed by atoms with E-state index in [1.54, 1.807) is 43.5 Å². The third kappa shape index (κ3) is 2.53. The van der Waals surface area contributed by atoms with Crippen LogP contribution in [0.15, 0.2) is 51.7 Å². The van der Waals surface area contributed by atoms with Crippen molar-refractivity contribution < 1.29 is 13.9 Å². The van der Waals surface area contributed by atoms with Gasteiger partial charge in [0, 0.05) is 0 Å². The first kappa shape index (κ1) is 14.1. The van der Waals surface area contributed by atoms with Crippen molar-refractivity contribution >= 4 is 17.0 Å². The summed E-state index contributed by atoms with van der Waals surface area (Å²) < 4.78 is 11.3. The molecule has 1 aromatic heterocycles. The van der Waals surface area contributed by atoms with Crippen LogP contribution < -0.4 is 10.5 Å². The number of benzene rings is 2. The molecule has 0 aliphatic heterocycles. The quantitative estimate of drug-likeness (QED) is 0.746. The Bertz CT molecular complexity index is 887. The average Bonchev–Trinajstić information content (AvgIpc) is 2.83. The number of rotatable bonds is 3. The molecular formula is C17H15NO4. The van der Waals surface area contributed by atoms with Gasteiger partial charge in [0.25, 0.3) is 0 Å². The number of oxazole rings is 1. The minimum absolute atomic E-state index is 0.117. The third-order valence-corrected chi connectivity index (χ3v) is 3.50. The Labute approximate surface area is 126 Å². The van der Waals surface area contributed by atoms with E-state index in [0.29, 0.717) is 11.1 Å². The van der Waals surface area contributed by atoms with Crippen molar-refractivity contribution in [3.63, 3.8) is 0 Å². The van der Waals surface area contributed by atoms with Gasteiger partial charge in [0.15, 0.2) is 5.58 Å². The number of ether oxygens (including phenoxy) is 1. The Balaban J connectivity index is 1.94. The molecule has 112 valence electrons. The average molecular weight is 297 g/mol. The smallest absolute Gasteiger partial charge is 0.426 e. The zero-order valence-electron chi connectivity index (χ0n) is 12.3. The standard InChI is InChI=1S/C17H15NO4/c1-11-3-8-14-15(9-11)22-17(20)18(14)16(19)10-12-4-6-13(21-2)7-5-12/h3-9H,10H2,1-2H3. The normalized spacial score (nSPS) is 10.8. The molecule has 0 saturated carbocycles. The first-order valence-corrected chi connectivity index (χ1v) is 6.87. The highest BCUT2D eigenvalue weighted by Gasteiger charge is 2.16. The minimum atomic E-state index is -0.654. The van der Waals surface area contributed by atoms with Gasteiger partial charge in [-0.15, -0.1) is 0 Å². The van der Waals surface area contributed by atoms with Crippen LogP contribution in [0.25, 0.3) is 11.1 Å². The Morgan fingerprint density at radius 2 is 1.91 bits per heavy atom. The Kier molecular flexibility index (Phi) is 3.55. The lowest BCUT2D eigenvalue weighted by Gasteiger charge is -2.04. The van der Waals surface area contributed by atoms with Gasteiger partial charge in [-0.2, -0.15) is 0 Å². The number of hydrogen-bond donors (Lipinski definition) is 0. The molecule has 0 amide bonds. The first-order chi connectivity index (χ1) is 10.6. The molecule has 22 heavy (non-hydrogen) atoms. The van der Waals surface area contributed by atoms with E-state index in [2.05, 4.69) is 0 Å². The van der Waals surface area contributed by atoms with Crippen LogP contribution in [0.5, 0.6) is 5.75 Å². The maximum absolute atomic E-state index is 12.4. The predicted molar refractivity (Wildman–Crippen MR) is 82.5 cm³/mol. The van der Waals surface area contributed by atoms with Gasteiger partial charge in [-0.25, -0.2) is 9.36 Å². The summed E-state index contributed by atoms with van der Waals surface area (Å²) in [6.45, 7) is 1.90. The van der Waals surface area contributed by atoms with Gasteiger partial charge in [-0.1, -0.05) is 18.2 Å². The molecule has 3 aromatic rings. The van der Waals surface area contributed by atoms with E-state index in [9.17, 15) is 9.59 Å². The van der Waals surface area contributed by atoms with Crippen molar-refractivity contribution in [2.75, 3.05) is 7.11 Å². The predicted octanol–water partition coefficient (Wildman–Crippen LogP) is 2.79. The van der Waals surface area contributed by atoms with Gasteiger partial charge in [0.05, 0.1) is 19.0 Å². The van der Waals surface area contributed by atoms with Crippen molar-refractivity contribution in [2.45, 2.75) is 13.3 Å². The van der Waals surface area contributed by atoms with Crippen LogP contribution in [-0.4, -0.2) is 17.6 Å². The van der Waals surface area contributed by atoms with Crippen LogP contribution in [0.4, 0.5) is 0 Å². The van der Waals surface area contributed by atoms with E-state index in [0.717, 1.165) is 21.4 Å². The fourth-order valence-corrected chi connectivity index (χ4v) is 2.36. The summed E-state index contributed by atoms with van der Waals surface area (Å²) in [5.41, 5.74) is 2.69. The number of aryl methyl sites for hydroxylation is 1. The molecule has 0 atom stereocenters. The summed E-state index contributed by atoms with van der Waals surface area (Å²) in [5.74, 6) is -0.255. The summed E-state index contributed by atoms with van der Waals surface area (Å²) in [4.78, 5) is 24.4. The van der Waals surface area contributed by atoms with E-state index >= 15 is 0 Å². The zero-order valence-corrected chi connectivity index (χ0v) is 12.3. The molecule has 0 radical (unpaired) electrons. The SMILES string of the molecule is COc1ccc(CC(=O)n2c(=O)oc3cc(C)ccc32)cc1. The molecule has 0 unspecified atom stereocenters. The number of hydrogen-bond acceptors (Lipinski definition) is 4. The maximum Gasteiger partial charge on any atom is 0.426 e. The highest BCUT2D eigenvalue weighted by molar-refractivity contribution is 5.90. The van der Waals surface area contributed by atoms with E-state index in [-0.39, 0.29) is 12.3 Å². The summed E-state index contributed by atoms with van der Waals surface area (Å²) in [6.07, 6.45) is 0.117. The summed E-state index contributed by atoms with van der Waals surface area (Å²) in [7, 11) is 1.58. The number of aromatic nitrogens is 1. The van der Waals surface area contributed by atoms with Gasteiger partial charge in [-0.05, 0) is 42.3 Å². The number of methoxy groups -OCH3 is 1. The van der Waals surface area contributed by atoms with E-state index in [4.69, 9.17) is 9.15 Å². The monoisotopic (exact) mass is 297 g/mol.